The first-order chi connectivity index (χ1) is 12.7. The molecule has 1 fully saturated rings. The quantitative estimate of drug-likeness (QED) is 0.844. The van der Waals surface area contributed by atoms with Crippen molar-refractivity contribution in [2.24, 2.45) is 10.9 Å². The number of hydrogen-bond acceptors (Lipinski definition) is 4. The van der Waals surface area contributed by atoms with Crippen LogP contribution in [0.5, 0.6) is 5.75 Å². The molecule has 8 heteroatoms. The summed E-state index contributed by atoms with van der Waals surface area (Å²) >= 11 is 0. The van der Waals surface area contributed by atoms with Gasteiger partial charge in [0, 0.05) is 18.2 Å². The Morgan fingerprint density at radius 1 is 1.41 bits per heavy atom. The van der Waals surface area contributed by atoms with E-state index in [1.807, 2.05) is 30.9 Å². The van der Waals surface area contributed by atoms with Gasteiger partial charge in [-0.15, -0.1) is 0 Å². The molecule has 1 saturated carbocycles. The molecule has 0 aromatic heterocycles. The third-order valence-corrected chi connectivity index (χ3v) is 4.53. The number of aliphatic imine (C=N–C) groups is 1. The van der Waals surface area contributed by atoms with Crippen LogP contribution in [0.2, 0.25) is 0 Å². The SMILES string of the molecule is CC1=CCN(C(C)c2cccc(OCC(F)(F)F)c2)C(NC(=O)C2CC2)=N1. The number of ether oxygens (including phenoxy) is 1. The minimum Gasteiger partial charge on any atom is -0.484 e. The van der Waals surface area contributed by atoms with E-state index < -0.39 is 12.8 Å². The summed E-state index contributed by atoms with van der Waals surface area (Å²) in [6, 6.07) is 6.34. The Balaban J connectivity index is 1.74. The van der Waals surface area contributed by atoms with Crippen molar-refractivity contribution in [2.75, 3.05) is 13.2 Å². The third kappa shape index (κ3) is 5.24. The van der Waals surface area contributed by atoms with Gasteiger partial charge in [0.05, 0.1) is 6.04 Å². The Bertz CT molecular complexity index is 770. The van der Waals surface area contributed by atoms with Crippen molar-refractivity contribution in [3.63, 3.8) is 0 Å². The first-order valence-corrected chi connectivity index (χ1v) is 8.85. The summed E-state index contributed by atoms with van der Waals surface area (Å²) in [6.07, 6.45) is -0.666. The van der Waals surface area contributed by atoms with Gasteiger partial charge in [-0.05, 0) is 50.5 Å². The molecule has 1 N–H and O–H groups in total. The lowest BCUT2D eigenvalue weighted by Crippen LogP contribution is -2.47. The number of hydrogen-bond donors (Lipinski definition) is 1. The number of carbonyl (C=O) groups is 1. The molecule has 1 aliphatic heterocycles. The minimum absolute atomic E-state index is 0.0390. The van der Waals surface area contributed by atoms with Crippen LogP contribution in [-0.4, -0.2) is 36.1 Å². The average Bonchev–Trinajstić information content (AvgIpc) is 3.44. The van der Waals surface area contributed by atoms with Gasteiger partial charge in [-0.25, -0.2) is 4.99 Å². The van der Waals surface area contributed by atoms with Crippen molar-refractivity contribution in [2.45, 2.75) is 38.9 Å². The Labute approximate surface area is 155 Å². The summed E-state index contributed by atoms with van der Waals surface area (Å²) in [5.74, 6) is 0.639. The molecule has 0 radical (unpaired) electrons. The summed E-state index contributed by atoms with van der Waals surface area (Å²) in [5, 5.41) is 2.89. The number of allylic oxidation sites excluding steroid dienone is 1. The van der Waals surface area contributed by atoms with E-state index in [0.29, 0.717) is 12.5 Å². The predicted molar refractivity (Wildman–Crippen MR) is 95.2 cm³/mol. The average molecular weight is 381 g/mol. The molecule has 0 bridgehead atoms. The molecule has 1 aromatic rings. The topological polar surface area (TPSA) is 53.9 Å². The molecule has 1 unspecified atom stereocenters. The molecule has 1 amide bonds. The lowest BCUT2D eigenvalue weighted by Gasteiger charge is -2.33. The molecule has 1 aromatic carbocycles. The second-order valence-corrected chi connectivity index (χ2v) is 6.85. The van der Waals surface area contributed by atoms with Gasteiger partial charge < -0.3 is 9.64 Å². The molecule has 0 saturated heterocycles. The van der Waals surface area contributed by atoms with Gasteiger partial charge in [-0.1, -0.05) is 12.1 Å². The third-order valence-electron chi connectivity index (χ3n) is 4.53. The van der Waals surface area contributed by atoms with Crippen LogP contribution in [-0.2, 0) is 4.79 Å². The molecular weight excluding hydrogens is 359 g/mol. The lowest BCUT2D eigenvalue weighted by atomic mass is 10.1. The maximum Gasteiger partial charge on any atom is 0.422 e. The smallest absolute Gasteiger partial charge is 0.422 e. The first kappa shape index (κ1) is 19.3. The molecule has 1 heterocycles. The van der Waals surface area contributed by atoms with Crippen LogP contribution in [0.25, 0.3) is 0 Å². The predicted octanol–water partition coefficient (Wildman–Crippen LogP) is 3.79. The molecular formula is C19H22F3N3O2. The highest BCUT2D eigenvalue weighted by atomic mass is 19.4. The van der Waals surface area contributed by atoms with Gasteiger partial charge in [0.25, 0.3) is 0 Å². The van der Waals surface area contributed by atoms with Gasteiger partial charge in [0.2, 0.25) is 11.9 Å². The fourth-order valence-electron chi connectivity index (χ4n) is 2.80. The van der Waals surface area contributed by atoms with Crippen LogP contribution in [0.15, 0.2) is 41.0 Å². The zero-order chi connectivity index (χ0) is 19.6. The van der Waals surface area contributed by atoms with Crippen molar-refractivity contribution >= 4 is 11.9 Å². The molecule has 0 spiro atoms. The maximum absolute atomic E-state index is 12.4. The van der Waals surface area contributed by atoms with Crippen LogP contribution in [0.1, 0.15) is 38.3 Å². The first-order valence-electron chi connectivity index (χ1n) is 8.85. The molecule has 27 heavy (non-hydrogen) atoms. The number of benzene rings is 1. The van der Waals surface area contributed by atoms with E-state index in [9.17, 15) is 18.0 Å². The largest absolute Gasteiger partial charge is 0.484 e. The van der Waals surface area contributed by atoms with Crippen LogP contribution in [0, 0.1) is 5.92 Å². The Hall–Kier alpha value is -2.51. The van der Waals surface area contributed by atoms with E-state index >= 15 is 0 Å². The van der Waals surface area contributed by atoms with Gasteiger partial charge in [0.1, 0.15) is 5.75 Å². The van der Waals surface area contributed by atoms with Crippen LogP contribution < -0.4 is 10.1 Å². The second-order valence-electron chi connectivity index (χ2n) is 6.85. The number of alkyl halides is 3. The van der Waals surface area contributed by atoms with Crippen molar-refractivity contribution in [1.29, 1.82) is 0 Å². The van der Waals surface area contributed by atoms with Gasteiger partial charge in [-0.2, -0.15) is 13.2 Å². The van der Waals surface area contributed by atoms with E-state index in [1.54, 1.807) is 12.1 Å². The van der Waals surface area contributed by atoms with E-state index in [0.717, 1.165) is 24.1 Å². The lowest BCUT2D eigenvalue weighted by molar-refractivity contribution is -0.153. The number of halogens is 3. The molecule has 5 nitrogen and oxygen atoms in total. The number of carbonyl (C=O) groups excluding carboxylic acids is 1. The minimum atomic E-state index is -4.39. The molecule has 3 rings (SSSR count). The number of guanidine groups is 1. The van der Waals surface area contributed by atoms with Crippen LogP contribution >= 0.6 is 0 Å². The van der Waals surface area contributed by atoms with Crippen molar-refractivity contribution in [1.82, 2.24) is 10.2 Å². The summed E-state index contributed by atoms with van der Waals surface area (Å²) in [7, 11) is 0. The van der Waals surface area contributed by atoms with Crippen molar-refractivity contribution in [3.8, 4) is 5.75 Å². The van der Waals surface area contributed by atoms with Crippen LogP contribution in [0.3, 0.4) is 0 Å². The van der Waals surface area contributed by atoms with Crippen LogP contribution in [0.4, 0.5) is 13.2 Å². The molecule has 1 atom stereocenters. The molecule has 1 aliphatic carbocycles. The highest BCUT2D eigenvalue weighted by Gasteiger charge is 2.32. The highest BCUT2D eigenvalue weighted by molar-refractivity contribution is 5.99. The Morgan fingerprint density at radius 3 is 2.81 bits per heavy atom. The fraction of sp³-hybridized carbons (Fsp3) is 0.474. The van der Waals surface area contributed by atoms with Crippen molar-refractivity contribution < 1.29 is 22.7 Å². The standard InChI is InChI=1S/C19H22F3N3O2/c1-12-8-9-25(18(23-12)24-17(26)14-6-7-14)13(2)15-4-3-5-16(10-15)27-11-19(20,21)22/h3-5,8,10,13-14H,6-7,9,11H2,1-2H3,(H,23,24,26). The zero-order valence-corrected chi connectivity index (χ0v) is 15.2. The molecule has 2 aliphatic rings. The van der Waals surface area contributed by atoms with E-state index in [1.165, 1.54) is 6.07 Å². The highest BCUT2D eigenvalue weighted by Crippen LogP contribution is 2.30. The summed E-state index contributed by atoms with van der Waals surface area (Å²) in [6.45, 7) is 2.98. The number of nitrogens with zero attached hydrogens (tertiary/aromatic N) is 2. The summed E-state index contributed by atoms with van der Waals surface area (Å²) in [4.78, 5) is 18.5. The monoisotopic (exact) mass is 381 g/mol. The number of rotatable bonds is 5. The fourth-order valence-corrected chi connectivity index (χ4v) is 2.80. The summed E-state index contributed by atoms with van der Waals surface area (Å²) < 4.78 is 42.0. The second kappa shape index (κ2) is 7.62. The number of amides is 1. The Kier molecular flexibility index (Phi) is 5.43. The number of nitrogens with one attached hydrogen (secondary N) is 1. The van der Waals surface area contributed by atoms with Gasteiger partial charge in [-0.3, -0.25) is 10.1 Å². The van der Waals surface area contributed by atoms with Gasteiger partial charge in [0.15, 0.2) is 6.61 Å². The summed E-state index contributed by atoms with van der Waals surface area (Å²) in [5.41, 5.74) is 1.59. The zero-order valence-electron chi connectivity index (χ0n) is 15.2. The van der Waals surface area contributed by atoms with Crippen molar-refractivity contribution in [3.05, 3.63) is 41.6 Å². The van der Waals surface area contributed by atoms with Gasteiger partial charge >= 0.3 is 6.18 Å². The molecule has 146 valence electrons. The maximum atomic E-state index is 12.4. The van der Waals surface area contributed by atoms with E-state index in [-0.39, 0.29) is 23.6 Å². The Morgan fingerprint density at radius 2 is 2.15 bits per heavy atom. The normalized spacial score (nSPS) is 18.5. The van der Waals surface area contributed by atoms with E-state index in [2.05, 4.69) is 10.3 Å². The van der Waals surface area contributed by atoms with E-state index in [4.69, 9.17) is 4.74 Å².